The molecule has 0 radical (unpaired) electrons. The minimum atomic E-state index is -4.06. The topological polar surface area (TPSA) is 148 Å². The van der Waals surface area contributed by atoms with E-state index in [0.29, 0.717) is 24.2 Å². The summed E-state index contributed by atoms with van der Waals surface area (Å²) in [5.74, 6) is 0.0995. The molecule has 0 aliphatic heterocycles. The summed E-state index contributed by atoms with van der Waals surface area (Å²) < 4.78 is 26.8. The van der Waals surface area contributed by atoms with E-state index in [2.05, 4.69) is 37.0 Å². The van der Waals surface area contributed by atoms with Gasteiger partial charge in [-0.05, 0) is 48.3 Å². The van der Waals surface area contributed by atoms with E-state index < -0.39 is 22.5 Å². The molecule has 4 rings (SSSR count). The van der Waals surface area contributed by atoms with E-state index in [0.717, 1.165) is 23.3 Å². The summed E-state index contributed by atoms with van der Waals surface area (Å²) in [6.07, 6.45) is 4.01. The summed E-state index contributed by atoms with van der Waals surface area (Å²) in [7, 11) is -4.06. The number of anilines is 1. The van der Waals surface area contributed by atoms with E-state index in [1.165, 1.54) is 23.2 Å². The second-order valence-corrected chi connectivity index (χ2v) is 10.7. The highest BCUT2D eigenvalue weighted by atomic mass is 32.2. The van der Waals surface area contributed by atoms with Crippen LogP contribution in [0.25, 0.3) is 0 Å². The number of hydrogen-bond acceptors (Lipinski definition) is 9. The third kappa shape index (κ3) is 6.59. The van der Waals surface area contributed by atoms with Gasteiger partial charge in [-0.3, -0.25) is 4.18 Å². The Hall–Kier alpha value is -2.41. The molecule has 1 fully saturated rings. The van der Waals surface area contributed by atoms with Crippen molar-refractivity contribution in [2.24, 2.45) is 11.1 Å². The van der Waals surface area contributed by atoms with E-state index in [1.54, 1.807) is 6.20 Å². The molecule has 0 bridgehead atoms. The molecule has 3 aromatic rings. The zero-order chi connectivity index (χ0) is 24.1. The van der Waals surface area contributed by atoms with Gasteiger partial charge in [-0.15, -0.1) is 11.3 Å². The lowest BCUT2D eigenvalue weighted by Gasteiger charge is -2.18. The molecule has 182 valence electrons. The molecule has 34 heavy (non-hydrogen) atoms. The van der Waals surface area contributed by atoms with E-state index in [1.807, 2.05) is 24.3 Å². The largest absolute Gasteiger partial charge is 0.393 e. The third-order valence-electron chi connectivity index (χ3n) is 5.97. The van der Waals surface area contributed by atoms with Gasteiger partial charge in [0.1, 0.15) is 18.2 Å². The second-order valence-electron chi connectivity index (χ2n) is 8.49. The van der Waals surface area contributed by atoms with Crippen LogP contribution in [0.2, 0.25) is 0 Å². The predicted octanol–water partition coefficient (Wildman–Crippen LogP) is 2.18. The van der Waals surface area contributed by atoms with Gasteiger partial charge >= 0.3 is 10.3 Å². The molecular formula is C23H28N4O5S2. The fourth-order valence-corrected chi connectivity index (χ4v) is 5.51. The van der Waals surface area contributed by atoms with Gasteiger partial charge in [0.05, 0.1) is 12.7 Å². The molecule has 5 N–H and O–H groups in total. The highest BCUT2D eigenvalue weighted by molar-refractivity contribution is 7.84. The number of nitrogens with two attached hydrogens (primary N) is 1. The number of aromatic nitrogens is 2. The maximum Gasteiger partial charge on any atom is 0.333 e. The summed E-state index contributed by atoms with van der Waals surface area (Å²) in [5, 5.41) is 31.6. The standard InChI is InChI=1S/C23H28N4O5S2/c24-34(30,31)32-12-17-9-18(10-20(17)28)27-23-19(11-25-14-26-23)22(29)21-8-16(13-33-21)7-6-15-4-2-1-3-5-15/h1-5,8,11,13-14,17-18,20,22,28-29H,6-7,9-10,12H2,(H2,24,30,31)(H,25,26,27)/t17-,18-,20+,22?/m1/s1. The number of thiophene rings is 1. The molecule has 0 spiro atoms. The first kappa shape index (κ1) is 24.7. The van der Waals surface area contributed by atoms with Crippen molar-refractivity contribution < 1.29 is 22.8 Å². The smallest absolute Gasteiger partial charge is 0.333 e. The van der Waals surface area contributed by atoms with Gasteiger partial charge in [0.25, 0.3) is 0 Å². The van der Waals surface area contributed by atoms with Crippen LogP contribution in [-0.4, -0.2) is 47.4 Å². The fraction of sp³-hybridized carbons (Fsp3) is 0.391. The normalized spacial score (nSPS) is 21.4. The number of aliphatic hydroxyl groups is 2. The maximum atomic E-state index is 11.1. The van der Waals surface area contributed by atoms with Crippen LogP contribution in [0.5, 0.6) is 0 Å². The van der Waals surface area contributed by atoms with Gasteiger partial charge in [0, 0.05) is 28.6 Å². The summed E-state index contributed by atoms with van der Waals surface area (Å²) in [6, 6.07) is 12.1. The molecule has 9 nitrogen and oxygen atoms in total. The Morgan fingerprint density at radius 3 is 2.74 bits per heavy atom. The van der Waals surface area contributed by atoms with Crippen LogP contribution in [0.4, 0.5) is 5.82 Å². The number of benzene rings is 1. The number of rotatable bonds is 10. The average Bonchev–Trinajstić information content (AvgIpc) is 3.43. The molecule has 0 saturated heterocycles. The molecule has 4 atom stereocenters. The molecule has 11 heteroatoms. The van der Waals surface area contributed by atoms with E-state index in [9.17, 15) is 18.6 Å². The number of nitrogens with one attached hydrogen (secondary N) is 1. The van der Waals surface area contributed by atoms with Crippen molar-refractivity contribution >= 4 is 27.5 Å². The number of aryl methyl sites for hydroxylation is 2. The molecule has 2 heterocycles. The molecular weight excluding hydrogens is 476 g/mol. The summed E-state index contributed by atoms with van der Waals surface area (Å²) in [6.45, 7) is -0.182. The maximum absolute atomic E-state index is 11.1. The Morgan fingerprint density at radius 1 is 1.21 bits per heavy atom. The van der Waals surface area contributed by atoms with Crippen LogP contribution in [0.15, 0.2) is 54.3 Å². The molecule has 1 aromatic carbocycles. The zero-order valence-corrected chi connectivity index (χ0v) is 20.1. The minimum Gasteiger partial charge on any atom is -0.393 e. The summed E-state index contributed by atoms with van der Waals surface area (Å²) in [4.78, 5) is 9.18. The first-order chi connectivity index (χ1) is 16.3. The fourth-order valence-electron chi connectivity index (χ4n) is 4.19. The predicted molar refractivity (Wildman–Crippen MR) is 129 cm³/mol. The van der Waals surface area contributed by atoms with Crippen LogP contribution in [0.3, 0.4) is 0 Å². The second kappa shape index (κ2) is 10.9. The highest BCUT2D eigenvalue weighted by Crippen LogP contribution is 2.34. The highest BCUT2D eigenvalue weighted by Gasteiger charge is 2.34. The first-order valence-corrected chi connectivity index (χ1v) is 13.3. The third-order valence-corrected chi connectivity index (χ3v) is 7.47. The van der Waals surface area contributed by atoms with E-state index in [4.69, 9.17) is 5.14 Å². The Bertz CT molecular complexity index is 1190. The Kier molecular flexibility index (Phi) is 7.91. The van der Waals surface area contributed by atoms with Crippen LogP contribution in [0.1, 0.15) is 40.5 Å². The van der Waals surface area contributed by atoms with Gasteiger partial charge in [-0.2, -0.15) is 8.42 Å². The van der Waals surface area contributed by atoms with Crippen molar-refractivity contribution in [2.75, 3.05) is 11.9 Å². The van der Waals surface area contributed by atoms with Gasteiger partial charge in [-0.25, -0.2) is 15.1 Å². The van der Waals surface area contributed by atoms with Crippen molar-refractivity contribution in [2.45, 2.75) is 43.9 Å². The van der Waals surface area contributed by atoms with E-state index >= 15 is 0 Å². The Labute approximate surface area is 202 Å². The van der Waals surface area contributed by atoms with Crippen LogP contribution < -0.4 is 10.5 Å². The molecule has 2 aromatic heterocycles. The van der Waals surface area contributed by atoms with Crippen molar-refractivity contribution in [1.29, 1.82) is 0 Å². The number of hydrogen-bond donors (Lipinski definition) is 4. The van der Waals surface area contributed by atoms with Crippen LogP contribution in [0, 0.1) is 5.92 Å². The quantitative estimate of drug-likeness (QED) is 0.328. The average molecular weight is 505 g/mol. The van der Waals surface area contributed by atoms with Crippen molar-refractivity contribution in [3.05, 3.63) is 75.9 Å². The van der Waals surface area contributed by atoms with Crippen molar-refractivity contribution in [3.8, 4) is 0 Å². The first-order valence-electron chi connectivity index (χ1n) is 11.0. The molecule has 1 saturated carbocycles. The Morgan fingerprint density at radius 2 is 1.97 bits per heavy atom. The lowest BCUT2D eigenvalue weighted by Crippen LogP contribution is -2.24. The Balaban J connectivity index is 1.40. The zero-order valence-electron chi connectivity index (χ0n) is 18.4. The summed E-state index contributed by atoms with van der Waals surface area (Å²) >= 11 is 1.49. The van der Waals surface area contributed by atoms with Gasteiger partial charge < -0.3 is 15.5 Å². The summed E-state index contributed by atoms with van der Waals surface area (Å²) in [5.41, 5.74) is 2.97. The van der Waals surface area contributed by atoms with Crippen molar-refractivity contribution in [1.82, 2.24) is 9.97 Å². The molecule has 0 amide bonds. The van der Waals surface area contributed by atoms with Crippen LogP contribution >= 0.6 is 11.3 Å². The lowest BCUT2D eigenvalue weighted by atomic mass is 10.0. The number of aliphatic hydroxyl groups excluding tert-OH is 2. The van der Waals surface area contributed by atoms with Gasteiger partial charge in [0.15, 0.2) is 0 Å². The van der Waals surface area contributed by atoms with Gasteiger partial charge in [-0.1, -0.05) is 30.3 Å². The van der Waals surface area contributed by atoms with Crippen molar-refractivity contribution in [3.63, 3.8) is 0 Å². The minimum absolute atomic E-state index is 0.172. The molecule has 1 aliphatic carbocycles. The monoisotopic (exact) mass is 504 g/mol. The lowest BCUT2D eigenvalue weighted by molar-refractivity contribution is 0.101. The van der Waals surface area contributed by atoms with Gasteiger partial charge in [0.2, 0.25) is 0 Å². The number of nitrogens with zero attached hydrogens (tertiary/aromatic N) is 2. The SMILES string of the molecule is NS(=O)(=O)OC[C@H]1C[C@@H](Nc2ncncc2C(O)c2cc(CCc3ccccc3)cs2)C[C@@H]1O. The van der Waals surface area contributed by atoms with E-state index in [-0.39, 0.29) is 18.6 Å². The molecule has 1 unspecified atom stereocenters. The van der Waals surface area contributed by atoms with Crippen LogP contribution in [-0.2, 0) is 27.3 Å². The molecule has 1 aliphatic rings.